The third-order valence-electron chi connectivity index (χ3n) is 4.18. The van der Waals surface area contributed by atoms with Crippen molar-refractivity contribution in [3.8, 4) is 23.0 Å². The first-order valence-corrected chi connectivity index (χ1v) is 8.31. The number of hydrogen-bond acceptors (Lipinski definition) is 5. The molecule has 6 heteroatoms. The normalized spacial score (nSPS) is 12.2. The van der Waals surface area contributed by atoms with E-state index in [-0.39, 0.29) is 19.1 Å². The van der Waals surface area contributed by atoms with Crippen LogP contribution >= 0.6 is 0 Å². The summed E-state index contributed by atoms with van der Waals surface area (Å²) in [6.07, 6.45) is 0.147. The van der Waals surface area contributed by atoms with Crippen LogP contribution in [0.15, 0.2) is 46.9 Å². The zero-order valence-corrected chi connectivity index (χ0v) is 14.5. The molecule has 2 aromatic carbocycles. The minimum atomic E-state index is -0.137. The Morgan fingerprint density at radius 1 is 1.08 bits per heavy atom. The molecule has 0 aliphatic carbocycles. The van der Waals surface area contributed by atoms with Gasteiger partial charge in [-0.1, -0.05) is 17.7 Å². The molecule has 2 heterocycles. The highest BCUT2D eigenvalue weighted by molar-refractivity contribution is 5.92. The minimum Gasteiger partial charge on any atom is -0.454 e. The quantitative estimate of drug-likeness (QED) is 0.773. The number of benzene rings is 2. The number of hydrogen-bond donors (Lipinski definition) is 1. The van der Waals surface area contributed by atoms with Gasteiger partial charge in [0, 0.05) is 11.3 Å². The molecule has 1 aliphatic rings. The number of nitrogens with one attached hydrogen (secondary N) is 1. The maximum atomic E-state index is 12.3. The van der Waals surface area contributed by atoms with Crippen LogP contribution in [0.25, 0.3) is 11.5 Å². The van der Waals surface area contributed by atoms with Crippen LogP contribution in [0.3, 0.4) is 0 Å². The van der Waals surface area contributed by atoms with Crippen molar-refractivity contribution < 1.29 is 18.7 Å². The average molecular weight is 350 g/mol. The van der Waals surface area contributed by atoms with E-state index in [4.69, 9.17) is 13.9 Å². The Labute approximate surface area is 150 Å². The summed E-state index contributed by atoms with van der Waals surface area (Å²) in [5.41, 5.74) is 3.30. The van der Waals surface area contributed by atoms with Gasteiger partial charge in [0.25, 0.3) is 0 Å². The van der Waals surface area contributed by atoms with Crippen LogP contribution in [-0.2, 0) is 11.2 Å². The molecular formula is C20H18N2O4. The first-order valence-electron chi connectivity index (χ1n) is 8.31. The van der Waals surface area contributed by atoms with Crippen molar-refractivity contribution in [2.24, 2.45) is 0 Å². The summed E-state index contributed by atoms with van der Waals surface area (Å²) in [5, 5.41) is 2.87. The van der Waals surface area contributed by atoms with Gasteiger partial charge in [0.1, 0.15) is 5.76 Å². The molecule has 132 valence electrons. The van der Waals surface area contributed by atoms with Crippen LogP contribution < -0.4 is 14.8 Å². The smallest absolute Gasteiger partial charge is 0.231 e. The summed E-state index contributed by atoms with van der Waals surface area (Å²) in [7, 11) is 0. The van der Waals surface area contributed by atoms with Crippen molar-refractivity contribution in [2.45, 2.75) is 20.3 Å². The van der Waals surface area contributed by atoms with Crippen LogP contribution in [0, 0.1) is 13.8 Å². The van der Waals surface area contributed by atoms with Gasteiger partial charge in [-0.3, -0.25) is 4.79 Å². The molecule has 1 aromatic heterocycles. The van der Waals surface area contributed by atoms with Crippen molar-refractivity contribution in [3.05, 3.63) is 59.5 Å². The fourth-order valence-electron chi connectivity index (χ4n) is 2.74. The highest BCUT2D eigenvalue weighted by Gasteiger charge is 2.18. The van der Waals surface area contributed by atoms with Crippen molar-refractivity contribution in [2.75, 3.05) is 12.1 Å². The molecule has 1 amide bonds. The fourth-order valence-corrected chi connectivity index (χ4v) is 2.74. The summed E-state index contributed by atoms with van der Waals surface area (Å²) in [6.45, 7) is 4.02. The molecule has 0 atom stereocenters. The maximum Gasteiger partial charge on any atom is 0.231 e. The van der Waals surface area contributed by atoms with Gasteiger partial charge in [-0.05, 0) is 44.2 Å². The molecule has 0 bridgehead atoms. The van der Waals surface area contributed by atoms with Crippen molar-refractivity contribution >= 4 is 11.6 Å². The monoisotopic (exact) mass is 350 g/mol. The predicted octanol–water partition coefficient (Wildman–Crippen LogP) is 3.87. The Morgan fingerprint density at radius 3 is 2.65 bits per heavy atom. The number of aryl methyl sites for hydroxylation is 2. The van der Waals surface area contributed by atoms with E-state index in [0.29, 0.717) is 28.8 Å². The zero-order chi connectivity index (χ0) is 18.1. The lowest BCUT2D eigenvalue weighted by atomic mass is 10.2. The molecule has 6 nitrogen and oxygen atoms in total. The molecule has 3 aromatic rings. The highest BCUT2D eigenvalue weighted by atomic mass is 16.7. The van der Waals surface area contributed by atoms with Crippen molar-refractivity contribution in [1.82, 2.24) is 4.98 Å². The van der Waals surface area contributed by atoms with Gasteiger partial charge in [-0.25, -0.2) is 4.98 Å². The van der Waals surface area contributed by atoms with Gasteiger partial charge in [0.15, 0.2) is 11.5 Å². The van der Waals surface area contributed by atoms with Crippen LogP contribution in [-0.4, -0.2) is 17.7 Å². The summed E-state index contributed by atoms with van der Waals surface area (Å²) < 4.78 is 16.4. The molecule has 0 unspecified atom stereocenters. The lowest BCUT2D eigenvalue weighted by Gasteiger charge is -2.04. The largest absolute Gasteiger partial charge is 0.454 e. The number of carbonyl (C=O) groups is 1. The Hall–Kier alpha value is -3.28. The van der Waals surface area contributed by atoms with Gasteiger partial charge in [-0.15, -0.1) is 0 Å². The number of fused-ring (bicyclic) bond motifs is 1. The molecule has 1 N–H and O–H groups in total. The predicted molar refractivity (Wildman–Crippen MR) is 96.3 cm³/mol. The topological polar surface area (TPSA) is 73.6 Å². The number of amides is 1. The van der Waals surface area contributed by atoms with Gasteiger partial charge in [0.05, 0.1) is 12.1 Å². The second-order valence-electron chi connectivity index (χ2n) is 6.18. The maximum absolute atomic E-state index is 12.3. The number of anilines is 1. The van der Waals surface area contributed by atoms with Gasteiger partial charge in [-0.2, -0.15) is 0 Å². The number of nitrogens with zero attached hydrogens (tertiary/aromatic N) is 1. The lowest BCUT2D eigenvalue weighted by Crippen LogP contribution is -2.15. The molecule has 0 radical (unpaired) electrons. The summed E-state index contributed by atoms with van der Waals surface area (Å²) >= 11 is 0. The number of rotatable bonds is 4. The SMILES string of the molecule is Cc1ccc(NC(=O)Cc2nc(-c3ccc4c(c3)OCO4)oc2C)cc1. The van der Waals surface area contributed by atoms with Gasteiger partial charge < -0.3 is 19.2 Å². The van der Waals surface area contributed by atoms with E-state index in [2.05, 4.69) is 10.3 Å². The summed E-state index contributed by atoms with van der Waals surface area (Å²) in [5.74, 6) is 2.31. The van der Waals surface area contributed by atoms with E-state index in [0.717, 1.165) is 16.8 Å². The Kier molecular flexibility index (Phi) is 4.08. The molecule has 0 saturated carbocycles. The lowest BCUT2D eigenvalue weighted by molar-refractivity contribution is -0.115. The molecule has 0 saturated heterocycles. The van der Waals surface area contributed by atoms with E-state index in [1.807, 2.05) is 49.4 Å². The second kappa shape index (κ2) is 6.55. The van der Waals surface area contributed by atoms with Gasteiger partial charge >= 0.3 is 0 Å². The third kappa shape index (κ3) is 3.26. The average Bonchev–Trinajstić information content (AvgIpc) is 3.23. The molecule has 0 fully saturated rings. The zero-order valence-electron chi connectivity index (χ0n) is 14.5. The van der Waals surface area contributed by atoms with Crippen molar-refractivity contribution in [3.63, 3.8) is 0 Å². The fraction of sp³-hybridized carbons (Fsp3) is 0.200. The van der Waals surface area contributed by atoms with E-state index in [1.54, 1.807) is 6.92 Å². The summed E-state index contributed by atoms with van der Waals surface area (Å²) in [6, 6.07) is 13.2. The standard InChI is InChI=1S/C20H18N2O4/c1-12-3-6-15(7-4-12)21-19(23)10-16-13(2)26-20(22-16)14-5-8-17-18(9-14)25-11-24-17/h3-9H,10-11H2,1-2H3,(H,21,23). The highest BCUT2D eigenvalue weighted by Crippen LogP contribution is 2.36. The second-order valence-corrected chi connectivity index (χ2v) is 6.18. The number of ether oxygens (including phenoxy) is 2. The third-order valence-corrected chi connectivity index (χ3v) is 4.18. The van der Waals surface area contributed by atoms with Crippen LogP contribution in [0.4, 0.5) is 5.69 Å². The van der Waals surface area contributed by atoms with Crippen LogP contribution in [0.5, 0.6) is 11.5 Å². The van der Waals surface area contributed by atoms with E-state index in [1.165, 1.54) is 0 Å². The van der Waals surface area contributed by atoms with Gasteiger partial charge in [0.2, 0.25) is 18.6 Å². The summed E-state index contributed by atoms with van der Waals surface area (Å²) in [4.78, 5) is 16.8. The Balaban J connectivity index is 1.49. The number of aromatic nitrogens is 1. The van der Waals surface area contributed by atoms with E-state index in [9.17, 15) is 4.79 Å². The molecule has 26 heavy (non-hydrogen) atoms. The molecule has 1 aliphatic heterocycles. The first-order chi connectivity index (χ1) is 12.6. The molecule has 0 spiro atoms. The van der Waals surface area contributed by atoms with Crippen molar-refractivity contribution in [1.29, 1.82) is 0 Å². The first kappa shape index (κ1) is 16.2. The number of oxazole rings is 1. The Bertz CT molecular complexity index is 960. The molecule has 4 rings (SSSR count). The Morgan fingerprint density at radius 2 is 1.85 bits per heavy atom. The molecular weight excluding hydrogens is 332 g/mol. The minimum absolute atomic E-state index is 0.137. The van der Waals surface area contributed by atoms with Crippen LogP contribution in [0.2, 0.25) is 0 Å². The van der Waals surface area contributed by atoms with Crippen LogP contribution in [0.1, 0.15) is 17.0 Å². The number of carbonyl (C=O) groups excluding carboxylic acids is 1. The van der Waals surface area contributed by atoms with E-state index < -0.39 is 0 Å². The van der Waals surface area contributed by atoms with E-state index >= 15 is 0 Å².